The van der Waals surface area contributed by atoms with Gasteiger partial charge in [-0.25, -0.2) is 0 Å². The van der Waals surface area contributed by atoms with Crippen molar-refractivity contribution in [1.82, 2.24) is 9.80 Å². The van der Waals surface area contributed by atoms with E-state index in [0.29, 0.717) is 0 Å². The Morgan fingerprint density at radius 1 is 0.800 bits per heavy atom. The van der Waals surface area contributed by atoms with E-state index >= 15 is 0 Å². The summed E-state index contributed by atoms with van der Waals surface area (Å²) >= 11 is 0. The van der Waals surface area contributed by atoms with E-state index in [9.17, 15) is 0 Å². The maximum Gasteiger partial charge on any atom is 0.397 e. The molecule has 2 aliphatic rings. The van der Waals surface area contributed by atoms with Crippen molar-refractivity contribution in [3.63, 3.8) is 0 Å². The second kappa shape index (κ2) is 2.68. The van der Waals surface area contributed by atoms with E-state index in [-0.39, 0.29) is 11.1 Å². The van der Waals surface area contributed by atoms with Gasteiger partial charge in [-0.3, -0.25) is 9.80 Å². The Balaban J connectivity index is 2.27. The predicted molar refractivity (Wildman–Crippen MR) is 57.2 cm³/mol. The molecule has 0 N–H and O–H groups in total. The zero-order valence-corrected chi connectivity index (χ0v) is 10.4. The Hall–Kier alpha value is -0.740. The second-order valence-corrected chi connectivity index (χ2v) is 6.09. The van der Waals surface area contributed by atoms with Gasteiger partial charge < -0.3 is 0 Å². The van der Waals surface area contributed by atoms with Crippen molar-refractivity contribution in [2.24, 2.45) is 0 Å². The normalized spacial score (nSPS) is 24.1. The summed E-state index contributed by atoms with van der Waals surface area (Å²) in [4.78, 5) is 14.6. The second-order valence-electron chi connectivity index (χ2n) is 6.09. The third-order valence-corrected chi connectivity index (χ3v) is 2.65. The maximum absolute atomic E-state index is 5.22. The Morgan fingerprint density at radius 3 is 1.33 bits per heavy atom. The summed E-state index contributed by atoms with van der Waals surface area (Å²) in [6, 6.07) is -0.698. The molecule has 1 spiro atoms. The first-order valence-corrected chi connectivity index (χ1v) is 5.32. The minimum Gasteiger partial charge on any atom is -0.298 e. The quantitative estimate of drug-likeness (QED) is 0.455. The van der Waals surface area contributed by atoms with E-state index in [1.54, 1.807) is 0 Å². The molecule has 0 aromatic heterocycles. The highest BCUT2D eigenvalue weighted by molar-refractivity contribution is 5.08. The summed E-state index contributed by atoms with van der Waals surface area (Å²) < 4.78 is 0. The molecule has 2 aliphatic heterocycles. The van der Waals surface area contributed by atoms with E-state index in [4.69, 9.17) is 9.78 Å². The number of hydrogen-bond donors (Lipinski definition) is 0. The molecule has 4 heteroatoms. The largest absolute Gasteiger partial charge is 0.397 e. The molecule has 15 heavy (non-hydrogen) atoms. The van der Waals surface area contributed by atoms with Gasteiger partial charge in [-0.2, -0.15) is 0 Å². The molecule has 4 nitrogen and oxygen atoms in total. The first-order valence-electron chi connectivity index (χ1n) is 5.32. The lowest BCUT2D eigenvalue weighted by molar-refractivity contribution is -0.0696. The molecule has 0 radical (unpaired) electrons. The molecular weight excluding hydrogens is 192 g/mol. The van der Waals surface area contributed by atoms with E-state index in [1.165, 1.54) is 0 Å². The summed E-state index contributed by atoms with van der Waals surface area (Å²) in [5, 5.41) is 0. The average Bonchev–Trinajstić information content (AvgIpc) is 2.56. The highest BCUT2D eigenvalue weighted by Crippen LogP contribution is 2.48. The van der Waals surface area contributed by atoms with Crippen LogP contribution in [0.1, 0.15) is 41.5 Å². The number of rotatable bonds is 0. The molecule has 2 rings (SSSR count). The maximum atomic E-state index is 5.22. The lowest BCUT2D eigenvalue weighted by atomic mass is 10.1. The number of hydrogen-bond acceptors (Lipinski definition) is 4. The third kappa shape index (κ3) is 1.52. The Morgan fingerprint density at radius 2 is 1.13 bits per heavy atom. The van der Waals surface area contributed by atoms with Crippen LogP contribution in [0.25, 0.3) is 0 Å². The SMILES string of the molecule is CC(C)(C)N1C=CN(C(C)(C)C)C12OO2. The van der Waals surface area contributed by atoms with Gasteiger partial charge in [-0.05, 0) is 41.5 Å². The molecule has 0 unspecified atom stereocenters. The van der Waals surface area contributed by atoms with Crippen molar-refractivity contribution >= 4 is 0 Å². The van der Waals surface area contributed by atoms with E-state index in [0.717, 1.165) is 0 Å². The van der Waals surface area contributed by atoms with Gasteiger partial charge in [0.05, 0.1) is 0 Å². The Bertz CT molecular complexity index is 269. The minimum atomic E-state index is -0.698. The molecule has 2 heterocycles. The zero-order chi connectivity index (χ0) is 11.5. The molecule has 0 aromatic rings. The third-order valence-electron chi connectivity index (χ3n) is 2.65. The van der Waals surface area contributed by atoms with Gasteiger partial charge in [-0.15, -0.1) is 9.78 Å². The molecule has 0 bridgehead atoms. The van der Waals surface area contributed by atoms with Crippen molar-refractivity contribution in [1.29, 1.82) is 0 Å². The van der Waals surface area contributed by atoms with Gasteiger partial charge in [0.15, 0.2) is 0 Å². The zero-order valence-electron chi connectivity index (χ0n) is 10.4. The molecule has 0 aliphatic carbocycles. The summed E-state index contributed by atoms with van der Waals surface area (Å²) in [7, 11) is 0. The summed E-state index contributed by atoms with van der Waals surface area (Å²) in [5.41, 5.74) is -0.0417. The van der Waals surface area contributed by atoms with Crippen LogP contribution in [-0.4, -0.2) is 26.9 Å². The smallest absolute Gasteiger partial charge is 0.298 e. The van der Waals surface area contributed by atoms with Gasteiger partial charge in [0.2, 0.25) is 0 Å². The fraction of sp³-hybridized carbons (Fsp3) is 0.818. The molecule has 1 saturated heterocycles. The van der Waals surface area contributed by atoms with Crippen molar-refractivity contribution < 1.29 is 9.78 Å². The molecular formula is C11H20N2O2. The van der Waals surface area contributed by atoms with E-state index in [2.05, 4.69) is 51.3 Å². The van der Waals surface area contributed by atoms with Gasteiger partial charge in [-0.1, -0.05) is 0 Å². The van der Waals surface area contributed by atoms with Gasteiger partial charge in [0.1, 0.15) is 0 Å². The van der Waals surface area contributed by atoms with Gasteiger partial charge in [0.25, 0.3) is 0 Å². The monoisotopic (exact) mass is 212 g/mol. The van der Waals surface area contributed by atoms with Crippen LogP contribution >= 0.6 is 0 Å². The first kappa shape index (κ1) is 10.8. The van der Waals surface area contributed by atoms with Crippen LogP contribution in [0, 0.1) is 0 Å². The summed E-state index contributed by atoms with van der Waals surface area (Å²) in [5.74, 6) is 0. The van der Waals surface area contributed by atoms with E-state index < -0.39 is 6.03 Å². The highest BCUT2D eigenvalue weighted by atomic mass is 17.4. The van der Waals surface area contributed by atoms with Crippen molar-refractivity contribution in [2.45, 2.75) is 58.7 Å². The topological polar surface area (TPSA) is 31.5 Å². The molecule has 0 aromatic carbocycles. The lowest BCUT2D eigenvalue weighted by Crippen LogP contribution is -2.55. The highest BCUT2D eigenvalue weighted by Gasteiger charge is 2.66. The summed E-state index contributed by atoms with van der Waals surface area (Å²) in [6.07, 6.45) is 4.05. The van der Waals surface area contributed by atoms with Gasteiger partial charge in [0, 0.05) is 23.5 Å². The van der Waals surface area contributed by atoms with Crippen LogP contribution in [0.3, 0.4) is 0 Å². The van der Waals surface area contributed by atoms with Crippen molar-refractivity contribution in [3.8, 4) is 0 Å². The van der Waals surface area contributed by atoms with Crippen LogP contribution < -0.4 is 0 Å². The standard InChI is InChI=1S/C11H20N2O2/c1-9(2,3)12-7-8-13(10(4,5)6)11(12)14-15-11/h7-8H,1-6H3. The van der Waals surface area contributed by atoms with Crippen LogP contribution in [0.5, 0.6) is 0 Å². The summed E-state index contributed by atoms with van der Waals surface area (Å²) in [6.45, 7) is 12.8. The molecule has 0 amide bonds. The molecule has 0 saturated carbocycles. The van der Waals surface area contributed by atoms with Crippen LogP contribution in [0.4, 0.5) is 0 Å². The Kier molecular flexibility index (Phi) is 1.93. The number of nitrogens with zero attached hydrogens (tertiary/aromatic N) is 2. The van der Waals surface area contributed by atoms with Gasteiger partial charge >= 0.3 is 6.03 Å². The van der Waals surface area contributed by atoms with E-state index in [1.807, 2.05) is 12.4 Å². The fourth-order valence-corrected chi connectivity index (χ4v) is 1.93. The predicted octanol–water partition coefficient (Wildman–Crippen LogP) is 2.25. The van der Waals surface area contributed by atoms with Crippen LogP contribution in [0.15, 0.2) is 12.4 Å². The van der Waals surface area contributed by atoms with Crippen molar-refractivity contribution in [2.75, 3.05) is 0 Å². The lowest BCUT2D eigenvalue weighted by Gasteiger charge is -2.40. The minimum absolute atomic E-state index is 0.0208. The fourth-order valence-electron chi connectivity index (χ4n) is 1.93. The van der Waals surface area contributed by atoms with Crippen LogP contribution in [-0.2, 0) is 9.78 Å². The van der Waals surface area contributed by atoms with Crippen molar-refractivity contribution in [3.05, 3.63) is 12.4 Å². The molecule has 0 atom stereocenters. The molecule has 1 fully saturated rings. The van der Waals surface area contributed by atoms with Crippen LogP contribution in [0.2, 0.25) is 0 Å². The average molecular weight is 212 g/mol. The molecule has 86 valence electrons. The first-order chi connectivity index (χ1) is 6.68. The Labute approximate surface area is 91.4 Å².